The lowest BCUT2D eigenvalue weighted by Gasteiger charge is -2.18. The third kappa shape index (κ3) is 5.11. The van der Waals surface area contributed by atoms with Crippen molar-refractivity contribution in [2.45, 2.75) is 45.8 Å². The first kappa shape index (κ1) is 17.0. The normalized spacial score (nSPS) is 20.3. The van der Waals surface area contributed by atoms with Crippen LogP contribution in [-0.2, 0) is 11.2 Å². The highest BCUT2D eigenvalue weighted by atomic mass is 16.3. The van der Waals surface area contributed by atoms with Crippen molar-refractivity contribution in [1.82, 2.24) is 10.2 Å². The lowest BCUT2D eigenvalue weighted by Crippen LogP contribution is -2.37. The van der Waals surface area contributed by atoms with Crippen molar-refractivity contribution >= 4 is 5.91 Å². The molecule has 0 saturated carbocycles. The molecular formula is C18H28N2O2. The van der Waals surface area contributed by atoms with Crippen LogP contribution < -0.4 is 5.32 Å². The molecule has 1 amide bonds. The van der Waals surface area contributed by atoms with Crippen LogP contribution in [0.5, 0.6) is 0 Å². The van der Waals surface area contributed by atoms with Crippen LogP contribution in [0, 0.1) is 5.92 Å². The third-order valence-corrected chi connectivity index (χ3v) is 4.12. The minimum atomic E-state index is -0.279. The summed E-state index contributed by atoms with van der Waals surface area (Å²) in [5, 5.41) is 12.5. The number of benzene rings is 1. The van der Waals surface area contributed by atoms with Crippen LogP contribution in [0.2, 0.25) is 0 Å². The van der Waals surface area contributed by atoms with E-state index in [2.05, 4.69) is 43.4 Å². The molecule has 1 aliphatic rings. The highest BCUT2D eigenvalue weighted by Crippen LogP contribution is 2.16. The SMILES string of the molecule is CC(C)Cc1ccc(C(C)NC(=O)CN2CC[C@H](O)C2)cc1. The average molecular weight is 304 g/mol. The number of amides is 1. The van der Waals surface area contributed by atoms with Gasteiger partial charge < -0.3 is 10.4 Å². The molecule has 0 bridgehead atoms. The van der Waals surface area contributed by atoms with Crippen LogP contribution >= 0.6 is 0 Å². The molecule has 0 aliphatic carbocycles. The van der Waals surface area contributed by atoms with Gasteiger partial charge in [-0.25, -0.2) is 0 Å². The Kier molecular flexibility index (Phi) is 5.98. The Bertz CT molecular complexity index is 484. The minimum absolute atomic E-state index is 0.00752. The molecule has 1 aliphatic heterocycles. The van der Waals surface area contributed by atoms with E-state index in [1.165, 1.54) is 5.56 Å². The van der Waals surface area contributed by atoms with Crippen LogP contribution in [0.25, 0.3) is 0 Å². The number of nitrogens with zero attached hydrogens (tertiary/aromatic N) is 1. The van der Waals surface area contributed by atoms with E-state index in [0.29, 0.717) is 19.0 Å². The highest BCUT2D eigenvalue weighted by molar-refractivity contribution is 5.78. The molecular weight excluding hydrogens is 276 g/mol. The van der Waals surface area contributed by atoms with E-state index < -0.39 is 0 Å². The number of hydrogen-bond donors (Lipinski definition) is 2. The molecule has 1 fully saturated rings. The molecule has 2 rings (SSSR count). The maximum atomic E-state index is 12.1. The number of carbonyl (C=O) groups excluding carboxylic acids is 1. The molecule has 2 N–H and O–H groups in total. The van der Waals surface area contributed by atoms with Gasteiger partial charge in [-0.1, -0.05) is 38.1 Å². The molecule has 1 aromatic carbocycles. The number of likely N-dealkylation sites (tertiary alicyclic amines) is 1. The van der Waals surface area contributed by atoms with Crippen molar-refractivity contribution in [2.75, 3.05) is 19.6 Å². The zero-order valence-corrected chi connectivity index (χ0v) is 13.9. The van der Waals surface area contributed by atoms with E-state index in [9.17, 15) is 9.90 Å². The van der Waals surface area contributed by atoms with Crippen molar-refractivity contribution in [3.05, 3.63) is 35.4 Å². The minimum Gasteiger partial charge on any atom is -0.392 e. The Morgan fingerprint density at radius 1 is 1.32 bits per heavy atom. The smallest absolute Gasteiger partial charge is 0.234 e. The molecule has 122 valence electrons. The van der Waals surface area contributed by atoms with E-state index in [0.717, 1.165) is 24.9 Å². The maximum absolute atomic E-state index is 12.1. The van der Waals surface area contributed by atoms with E-state index in [4.69, 9.17) is 0 Å². The van der Waals surface area contributed by atoms with Gasteiger partial charge in [-0.3, -0.25) is 9.69 Å². The molecule has 1 heterocycles. The predicted molar refractivity (Wildman–Crippen MR) is 88.6 cm³/mol. The topological polar surface area (TPSA) is 52.6 Å². The average Bonchev–Trinajstić information content (AvgIpc) is 2.83. The van der Waals surface area contributed by atoms with Gasteiger partial charge >= 0.3 is 0 Å². The van der Waals surface area contributed by atoms with Gasteiger partial charge in [0, 0.05) is 13.1 Å². The maximum Gasteiger partial charge on any atom is 0.234 e. The van der Waals surface area contributed by atoms with Gasteiger partial charge in [-0.15, -0.1) is 0 Å². The van der Waals surface area contributed by atoms with Crippen LogP contribution in [0.15, 0.2) is 24.3 Å². The van der Waals surface area contributed by atoms with Crippen LogP contribution in [0.4, 0.5) is 0 Å². The van der Waals surface area contributed by atoms with Gasteiger partial charge in [0.1, 0.15) is 0 Å². The monoisotopic (exact) mass is 304 g/mol. The lowest BCUT2D eigenvalue weighted by atomic mass is 10.00. The first-order chi connectivity index (χ1) is 10.4. The van der Waals surface area contributed by atoms with Gasteiger partial charge in [0.25, 0.3) is 0 Å². The Balaban J connectivity index is 1.83. The summed E-state index contributed by atoms with van der Waals surface area (Å²) >= 11 is 0. The summed E-state index contributed by atoms with van der Waals surface area (Å²) < 4.78 is 0. The lowest BCUT2D eigenvalue weighted by molar-refractivity contribution is -0.122. The van der Waals surface area contributed by atoms with Gasteiger partial charge in [-0.05, 0) is 36.8 Å². The molecule has 1 aromatic rings. The van der Waals surface area contributed by atoms with Gasteiger partial charge in [0.05, 0.1) is 18.7 Å². The fraction of sp³-hybridized carbons (Fsp3) is 0.611. The molecule has 4 nitrogen and oxygen atoms in total. The zero-order valence-electron chi connectivity index (χ0n) is 13.9. The summed E-state index contributed by atoms with van der Waals surface area (Å²) in [4.78, 5) is 14.1. The second-order valence-corrected chi connectivity index (χ2v) is 6.81. The van der Waals surface area contributed by atoms with E-state index in [1.54, 1.807) is 0 Å². The zero-order chi connectivity index (χ0) is 16.1. The largest absolute Gasteiger partial charge is 0.392 e. The molecule has 0 aromatic heterocycles. The summed E-state index contributed by atoms with van der Waals surface area (Å²) in [6.07, 6.45) is 1.57. The van der Waals surface area contributed by atoms with Crippen molar-refractivity contribution in [3.8, 4) is 0 Å². The summed E-state index contributed by atoms with van der Waals surface area (Å²) in [5.41, 5.74) is 2.46. The number of aliphatic hydroxyl groups excluding tert-OH is 1. The Morgan fingerprint density at radius 3 is 2.55 bits per heavy atom. The molecule has 0 spiro atoms. The number of nitrogens with one attached hydrogen (secondary N) is 1. The first-order valence-electron chi connectivity index (χ1n) is 8.22. The van der Waals surface area contributed by atoms with Crippen LogP contribution in [0.3, 0.4) is 0 Å². The van der Waals surface area contributed by atoms with E-state index >= 15 is 0 Å². The summed E-state index contributed by atoms with van der Waals surface area (Å²) in [7, 11) is 0. The number of hydrogen-bond acceptors (Lipinski definition) is 3. The Labute approximate surface area is 133 Å². The van der Waals surface area contributed by atoms with Crippen LogP contribution in [-0.4, -0.2) is 41.7 Å². The first-order valence-corrected chi connectivity index (χ1v) is 8.22. The fourth-order valence-corrected chi connectivity index (χ4v) is 2.94. The summed E-state index contributed by atoms with van der Waals surface area (Å²) in [6, 6.07) is 8.50. The standard InChI is InChI=1S/C18H28N2O2/c1-13(2)10-15-4-6-16(7-5-15)14(3)19-18(22)12-20-9-8-17(21)11-20/h4-7,13-14,17,21H,8-12H2,1-3H3,(H,19,22)/t14?,17-/m0/s1. The number of aliphatic hydroxyl groups is 1. The summed E-state index contributed by atoms with van der Waals surface area (Å²) in [6.45, 7) is 8.21. The van der Waals surface area contributed by atoms with Crippen molar-refractivity contribution in [2.24, 2.45) is 5.92 Å². The molecule has 1 saturated heterocycles. The highest BCUT2D eigenvalue weighted by Gasteiger charge is 2.22. The Hall–Kier alpha value is -1.39. The molecule has 2 atom stereocenters. The van der Waals surface area contributed by atoms with Crippen molar-refractivity contribution < 1.29 is 9.90 Å². The second kappa shape index (κ2) is 7.75. The molecule has 4 heteroatoms. The summed E-state index contributed by atoms with van der Waals surface area (Å²) in [5.74, 6) is 0.673. The number of carbonyl (C=O) groups is 1. The van der Waals surface area contributed by atoms with E-state index in [1.807, 2.05) is 11.8 Å². The van der Waals surface area contributed by atoms with Crippen molar-refractivity contribution in [3.63, 3.8) is 0 Å². The number of β-amino-alcohol motifs (C(OH)–C–C–N with tert-alkyl or cyclic N) is 1. The van der Waals surface area contributed by atoms with Gasteiger partial charge in [-0.2, -0.15) is 0 Å². The molecule has 1 unspecified atom stereocenters. The second-order valence-electron chi connectivity index (χ2n) is 6.81. The molecule has 22 heavy (non-hydrogen) atoms. The molecule has 0 radical (unpaired) electrons. The van der Waals surface area contributed by atoms with Crippen molar-refractivity contribution in [1.29, 1.82) is 0 Å². The van der Waals surface area contributed by atoms with E-state index in [-0.39, 0.29) is 18.1 Å². The predicted octanol–water partition coefficient (Wildman–Crippen LogP) is 2.13. The number of rotatable bonds is 6. The fourth-order valence-electron chi connectivity index (χ4n) is 2.94. The Morgan fingerprint density at radius 2 is 2.00 bits per heavy atom. The quantitative estimate of drug-likeness (QED) is 0.846. The third-order valence-electron chi connectivity index (χ3n) is 4.12. The van der Waals surface area contributed by atoms with Gasteiger partial charge in [0.2, 0.25) is 5.91 Å². The van der Waals surface area contributed by atoms with Crippen LogP contribution in [0.1, 0.15) is 44.4 Å². The van der Waals surface area contributed by atoms with Gasteiger partial charge in [0.15, 0.2) is 0 Å².